The lowest BCUT2D eigenvalue weighted by Gasteiger charge is -2.37. The summed E-state index contributed by atoms with van der Waals surface area (Å²) in [7, 11) is 0. The van der Waals surface area contributed by atoms with Gasteiger partial charge in [0.15, 0.2) is 0 Å². The molecule has 1 aliphatic heterocycles. The van der Waals surface area contributed by atoms with Crippen LogP contribution in [0.2, 0.25) is 0 Å². The largest absolute Gasteiger partial charge is 0.368 e. The predicted octanol–water partition coefficient (Wildman–Crippen LogP) is 5.17. The van der Waals surface area contributed by atoms with Crippen LogP contribution in [0.3, 0.4) is 0 Å². The number of ketones is 1. The maximum absolute atomic E-state index is 13.2. The third kappa shape index (κ3) is 5.07. The van der Waals surface area contributed by atoms with E-state index in [0.717, 1.165) is 55.2 Å². The molecule has 0 spiro atoms. The molecule has 7 nitrogen and oxygen atoms in total. The molecule has 0 bridgehead atoms. The standard InChI is InChI=1S/C30H33N5O2/c1-4-22-12-13-31-27(19-22)34-17-15-33(16-18-34)24-10-8-23(9-11-24)32-30(37)29(36)28-26(21(2)3)20-25-7-5-6-14-35(25)28/h5-14,19-21H,4,15-18H2,1-3H3,(H,32,37). The highest BCUT2D eigenvalue weighted by atomic mass is 16.2. The highest BCUT2D eigenvalue weighted by molar-refractivity contribution is 6.46. The first kappa shape index (κ1) is 24.6. The summed E-state index contributed by atoms with van der Waals surface area (Å²) < 4.78 is 1.80. The number of Topliss-reactive ketones (excluding diaryl/α,β-unsaturated/α-hetero) is 1. The molecule has 0 atom stereocenters. The summed E-state index contributed by atoms with van der Waals surface area (Å²) in [5.41, 5.74) is 5.20. The second-order valence-corrected chi connectivity index (χ2v) is 9.78. The Morgan fingerprint density at radius 1 is 0.946 bits per heavy atom. The molecule has 37 heavy (non-hydrogen) atoms. The molecule has 0 radical (unpaired) electrons. The summed E-state index contributed by atoms with van der Waals surface area (Å²) >= 11 is 0. The molecule has 5 rings (SSSR count). The molecule has 0 saturated carbocycles. The molecule has 7 heteroatoms. The van der Waals surface area contributed by atoms with E-state index in [1.54, 1.807) is 4.40 Å². The van der Waals surface area contributed by atoms with Crippen LogP contribution in [0.15, 0.2) is 73.1 Å². The lowest BCUT2D eigenvalue weighted by Crippen LogP contribution is -2.46. The monoisotopic (exact) mass is 495 g/mol. The lowest BCUT2D eigenvalue weighted by molar-refractivity contribution is -0.112. The van der Waals surface area contributed by atoms with Gasteiger partial charge in [0.05, 0.1) is 0 Å². The number of hydrogen-bond acceptors (Lipinski definition) is 5. The first-order valence-electron chi connectivity index (χ1n) is 12.9. The summed E-state index contributed by atoms with van der Waals surface area (Å²) in [6.07, 6.45) is 4.72. The maximum atomic E-state index is 13.2. The van der Waals surface area contributed by atoms with Crippen LogP contribution in [0.4, 0.5) is 17.2 Å². The van der Waals surface area contributed by atoms with Gasteiger partial charge < -0.3 is 19.5 Å². The molecule has 1 aromatic carbocycles. The van der Waals surface area contributed by atoms with Gasteiger partial charge in [0, 0.05) is 55.5 Å². The Hall–Kier alpha value is -4.13. The first-order valence-corrected chi connectivity index (χ1v) is 12.9. The van der Waals surface area contributed by atoms with Gasteiger partial charge in [0.1, 0.15) is 11.5 Å². The molecule has 1 aliphatic rings. The van der Waals surface area contributed by atoms with Crippen molar-refractivity contribution in [3.8, 4) is 0 Å². The van der Waals surface area contributed by atoms with Crippen LogP contribution in [-0.2, 0) is 11.2 Å². The van der Waals surface area contributed by atoms with Gasteiger partial charge >= 0.3 is 0 Å². The van der Waals surface area contributed by atoms with E-state index in [1.807, 2.05) is 74.8 Å². The van der Waals surface area contributed by atoms with Crippen LogP contribution < -0.4 is 15.1 Å². The fraction of sp³-hybridized carbons (Fsp3) is 0.300. The lowest BCUT2D eigenvalue weighted by atomic mass is 10.0. The Morgan fingerprint density at radius 3 is 2.38 bits per heavy atom. The third-order valence-electron chi connectivity index (χ3n) is 7.06. The molecule has 1 N–H and O–H groups in total. The summed E-state index contributed by atoms with van der Waals surface area (Å²) in [6, 6.07) is 19.7. The molecule has 1 saturated heterocycles. The van der Waals surface area contributed by atoms with Crippen LogP contribution in [0.25, 0.3) is 5.52 Å². The number of nitrogens with zero attached hydrogens (tertiary/aromatic N) is 4. The average Bonchev–Trinajstić information content (AvgIpc) is 3.33. The molecular weight excluding hydrogens is 462 g/mol. The Balaban J connectivity index is 1.23. The number of carbonyl (C=O) groups is 2. The summed E-state index contributed by atoms with van der Waals surface area (Å²) in [4.78, 5) is 35.3. The molecular formula is C30H33N5O2. The van der Waals surface area contributed by atoms with Gasteiger partial charge in [0.25, 0.3) is 11.7 Å². The maximum Gasteiger partial charge on any atom is 0.298 e. The number of hydrogen-bond donors (Lipinski definition) is 1. The molecule has 0 aliphatic carbocycles. The molecule has 4 heterocycles. The van der Waals surface area contributed by atoms with Gasteiger partial charge in [-0.2, -0.15) is 0 Å². The molecule has 0 unspecified atom stereocenters. The minimum atomic E-state index is -0.631. The fourth-order valence-corrected chi connectivity index (χ4v) is 4.92. The minimum Gasteiger partial charge on any atom is -0.368 e. The normalized spacial score (nSPS) is 13.8. The van der Waals surface area contributed by atoms with Gasteiger partial charge in [0.2, 0.25) is 0 Å². The van der Waals surface area contributed by atoms with Crippen LogP contribution in [0.5, 0.6) is 0 Å². The van der Waals surface area contributed by atoms with Crippen molar-refractivity contribution in [3.05, 3.63) is 89.9 Å². The van der Waals surface area contributed by atoms with E-state index in [2.05, 4.69) is 39.2 Å². The van der Waals surface area contributed by atoms with Gasteiger partial charge in [-0.25, -0.2) is 4.98 Å². The Kier molecular flexibility index (Phi) is 6.95. The molecule has 1 fully saturated rings. The van der Waals surface area contributed by atoms with Gasteiger partial charge in [-0.15, -0.1) is 0 Å². The van der Waals surface area contributed by atoms with Crippen LogP contribution in [0.1, 0.15) is 48.3 Å². The van der Waals surface area contributed by atoms with Crippen LogP contribution >= 0.6 is 0 Å². The van der Waals surface area contributed by atoms with Crippen molar-refractivity contribution in [1.29, 1.82) is 0 Å². The number of aromatic nitrogens is 2. The van der Waals surface area contributed by atoms with Crippen molar-refractivity contribution in [3.63, 3.8) is 0 Å². The van der Waals surface area contributed by atoms with Crippen molar-refractivity contribution in [2.45, 2.75) is 33.1 Å². The number of aryl methyl sites for hydroxylation is 1. The van der Waals surface area contributed by atoms with Gasteiger partial charge in [-0.1, -0.05) is 26.8 Å². The summed E-state index contributed by atoms with van der Waals surface area (Å²) in [5.74, 6) is 0.000612. The zero-order valence-electron chi connectivity index (χ0n) is 21.6. The number of anilines is 3. The Bertz CT molecular complexity index is 1420. The zero-order chi connectivity index (χ0) is 25.9. The highest BCUT2D eigenvalue weighted by Gasteiger charge is 2.25. The van der Waals surface area contributed by atoms with Crippen molar-refractivity contribution in [2.24, 2.45) is 0 Å². The SMILES string of the molecule is CCc1ccnc(N2CCN(c3ccc(NC(=O)C(=O)c4c(C(C)C)cc5ccccn45)cc3)CC2)c1. The van der Waals surface area contributed by atoms with Crippen molar-refractivity contribution < 1.29 is 9.59 Å². The first-order chi connectivity index (χ1) is 17.9. The van der Waals surface area contributed by atoms with Crippen molar-refractivity contribution >= 4 is 34.4 Å². The summed E-state index contributed by atoms with van der Waals surface area (Å²) in [6.45, 7) is 9.79. The molecule has 4 aromatic rings. The number of benzene rings is 1. The number of piperazine rings is 1. The van der Waals surface area contributed by atoms with E-state index in [9.17, 15) is 9.59 Å². The van der Waals surface area contributed by atoms with E-state index >= 15 is 0 Å². The van der Waals surface area contributed by atoms with Crippen LogP contribution in [0, 0.1) is 0 Å². The second-order valence-electron chi connectivity index (χ2n) is 9.78. The zero-order valence-corrected chi connectivity index (χ0v) is 21.6. The summed E-state index contributed by atoms with van der Waals surface area (Å²) in [5, 5.41) is 2.79. The highest BCUT2D eigenvalue weighted by Crippen LogP contribution is 2.26. The third-order valence-corrected chi connectivity index (χ3v) is 7.06. The van der Waals surface area contributed by atoms with Crippen LogP contribution in [-0.4, -0.2) is 47.3 Å². The van der Waals surface area contributed by atoms with Crippen molar-refractivity contribution in [2.75, 3.05) is 41.3 Å². The molecule has 190 valence electrons. The van der Waals surface area contributed by atoms with E-state index < -0.39 is 11.7 Å². The number of nitrogens with one attached hydrogen (secondary N) is 1. The fourth-order valence-electron chi connectivity index (χ4n) is 4.92. The number of pyridine rings is 2. The van der Waals surface area contributed by atoms with E-state index in [-0.39, 0.29) is 5.92 Å². The molecule has 3 aromatic heterocycles. The van der Waals surface area contributed by atoms with Crippen molar-refractivity contribution in [1.82, 2.24) is 9.38 Å². The average molecular weight is 496 g/mol. The second kappa shape index (κ2) is 10.5. The van der Waals surface area contributed by atoms with E-state index in [1.165, 1.54) is 5.56 Å². The number of amides is 1. The smallest absolute Gasteiger partial charge is 0.298 e. The minimum absolute atomic E-state index is 0.123. The molecule has 1 amide bonds. The Labute approximate surface area is 217 Å². The van der Waals surface area contributed by atoms with E-state index in [0.29, 0.717) is 11.4 Å². The number of carbonyl (C=O) groups excluding carboxylic acids is 2. The number of rotatable bonds is 7. The van der Waals surface area contributed by atoms with E-state index in [4.69, 9.17) is 0 Å². The quantitative estimate of drug-likeness (QED) is 0.283. The van der Waals surface area contributed by atoms with Gasteiger partial charge in [-0.3, -0.25) is 9.59 Å². The predicted molar refractivity (Wildman–Crippen MR) is 149 cm³/mol. The Morgan fingerprint density at radius 2 is 1.68 bits per heavy atom. The number of fused-ring (bicyclic) bond motifs is 1. The van der Waals surface area contributed by atoms with Gasteiger partial charge in [-0.05, 0) is 78.1 Å². The topological polar surface area (TPSA) is 70.0 Å².